The maximum Gasteiger partial charge on any atom is 0.241 e. The maximum absolute atomic E-state index is 12.5. The van der Waals surface area contributed by atoms with Crippen LogP contribution in [0.15, 0.2) is 23.1 Å². The minimum atomic E-state index is -3.62. The Bertz CT molecular complexity index is 535. The van der Waals surface area contributed by atoms with E-state index in [4.69, 9.17) is 17.3 Å². The molecule has 116 valence electrons. The monoisotopic (exact) mass is 340 g/mol. The van der Waals surface area contributed by atoms with E-state index in [-0.39, 0.29) is 23.8 Å². The molecule has 0 fully saturated rings. The van der Waals surface area contributed by atoms with Crippen LogP contribution >= 0.6 is 24.0 Å². The SMILES string of the molecule is CCC(CC)(CN)NS(=O)(=O)c1cc(Cl)ccc1C.Cl. The van der Waals surface area contributed by atoms with Crippen molar-refractivity contribution in [3.8, 4) is 0 Å². The number of sulfonamides is 1. The van der Waals surface area contributed by atoms with Gasteiger partial charge in [0.05, 0.1) is 4.90 Å². The molecule has 20 heavy (non-hydrogen) atoms. The van der Waals surface area contributed by atoms with Crippen LogP contribution in [0.3, 0.4) is 0 Å². The van der Waals surface area contributed by atoms with Crippen molar-refractivity contribution in [1.29, 1.82) is 0 Å². The maximum atomic E-state index is 12.5. The van der Waals surface area contributed by atoms with Crippen molar-refractivity contribution >= 4 is 34.0 Å². The molecule has 0 spiro atoms. The molecular weight excluding hydrogens is 319 g/mol. The number of aryl methyl sites for hydroxylation is 1. The van der Waals surface area contributed by atoms with Gasteiger partial charge in [-0.25, -0.2) is 13.1 Å². The van der Waals surface area contributed by atoms with Crippen LogP contribution in [0, 0.1) is 6.92 Å². The lowest BCUT2D eigenvalue weighted by molar-refractivity contribution is 0.363. The number of hydrogen-bond acceptors (Lipinski definition) is 3. The highest BCUT2D eigenvalue weighted by atomic mass is 35.5. The smallest absolute Gasteiger partial charge is 0.241 e. The quantitative estimate of drug-likeness (QED) is 0.836. The molecule has 1 aromatic rings. The fourth-order valence-corrected chi connectivity index (χ4v) is 3.99. The highest BCUT2D eigenvalue weighted by Crippen LogP contribution is 2.23. The van der Waals surface area contributed by atoms with E-state index in [1.807, 2.05) is 13.8 Å². The van der Waals surface area contributed by atoms with E-state index in [2.05, 4.69) is 4.72 Å². The van der Waals surface area contributed by atoms with Crippen molar-refractivity contribution in [1.82, 2.24) is 4.72 Å². The van der Waals surface area contributed by atoms with Gasteiger partial charge in [-0.05, 0) is 37.5 Å². The van der Waals surface area contributed by atoms with Crippen LogP contribution < -0.4 is 10.5 Å². The molecule has 0 saturated heterocycles. The molecule has 0 aliphatic carbocycles. The summed E-state index contributed by atoms with van der Waals surface area (Å²) in [5.74, 6) is 0. The Kier molecular flexibility index (Phi) is 7.49. The number of nitrogens with two attached hydrogens (primary N) is 1. The molecule has 0 aliphatic heterocycles. The Hall–Kier alpha value is -0.330. The van der Waals surface area contributed by atoms with Crippen LogP contribution in [0.25, 0.3) is 0 Å². The van der Waals surface area contributed by atoms with Crippen LogP contribution in [-0.4, -0.2) is 20.5 Å². The van der Waals surface area contributed by atoms with Crippen molar-refractivity contribution < 1.29 is 8.42 Å². The average Bonchev–Trinajstić information content (AvgIpc) is 2.39. The summed E-state index contributed by atoms with van der Waals surface area (Å²) in [5.41, 5.74) is 5.79. The molecule has 0 unspecified atom stereocenters. The van der Waals surface area contributed by atoms with Crippen LogP contribution in [0.2, 0.25) is 5.02 Å². The molecule has 0 saturated carbocycles. The van der Waals surface area contributed by atoms with Gasteiger partial charge >= 0.3 is 0 Å². The van der Waals surface area contributed by atoms with Crippen LogP contribution in [0.5, 0.6) is 0 Å². The number of halogens is 2. The largest absolute Gasteiger partial charge is 0.329 e. The van der Waals surface area contributed by atoms with Gasteiger partial charge in [0.15, 0.2) is 0 Å². The Morgan fingerprint density at radius 1 is 1.30 bits per heavy atom. The van der Waals surface area contributed by atoms with E-state index in [0.29, 0.717) is 23.4 Å². The normalized spacial score (nSPS) is 12.1. The number of hydrogen-bond donors (Lipinski definition) is 2. The minimum absolute atomic E-state index is 0. The molecule has 0 heterocycles. The van der Waals surface area contributed by atoms with E-state index < -0.39 is 15.6 Å². The number of rotatable bonds is 6. The van der Waals surface area contributed by atoms with Gasteiger partial charge in [0.1, 0.15) is 0 Å². The lowest BCUT2D eigenvalue weighted by atomic mass is 9.95. The summed E-state index contributed by atoms with van der Waals surface area (Å²) in [6, 6.07) is 4.83. The van der Waals surface area contributed by atoms with Gasteiger partial charge in [0.25, 0.3) is 0 Å². The van der Waals surface area contributed by atoms with Gasteiger partial charge in [0.2, 0.25) is 10.0 Å². The lowest BCUT2D eigenvalue weighted by Gasteiger charge is -2.31. The fourth-order valence-electron chi connectivity index (χ4n) is 1.93. The molecule has 0 radical (unpaired) electrons. The second-order valence-electron chi connectivity index (χ2n) is 4.71. The lowest BCUT2D eigenvalue weighted by Crippen LogP contribution is -2.52. The molecule has 0 amide bonds. The summed E-state index contributed by atoms with van der Waals surface area (Å²) in [5, 5.41) is 0.400. The molecule has 0 aliphatic rings. The van der Waals surface area contributed by atoms with Crippen LogP contribution in [-0.2, 0) is 10.0 Å². The van der Waals surface area contributed by atoms with Crippen LogP contribution in [0.4, 0.5) is 0 Å². The minimum Gasteiger partial charge on any atom is -0.329 e. The Morgan fingerprint density at radius 2 is 1.85 bits per heavy atom. The van der Waals surface area contributed by atoms with E-state index in [1.54, 1.807) is 19.1 Å². The third-order valence-electron chi connectivity index (χ3n) is 3.53. The van der Waals surface area contributed by atoms with Gasteiger partial charge in [0, 0.05) is 17.1 Å². The molecule has 0 atom stereocenters. The number of nitrogens with one attached hydrogen (secondary N) is 1. The average molecular weight is 341 g/mol. The first-order valence-corrected chi connectivity index (χ1v) is 8.16. The first-order valence-electron chi connectivity index (χ1n) is 6.30. The summed E-state index contributed by atoms with van der Waals surface area (Å²) in [6.45, 7) is 5.85. The van der Waals surface area contributed by atoms with Crippen molar-refractivity contribution in [2.24, 2.45) is 5.73 Å². The molecule has 1 aromatic carbocycles. The second kappa shape index (κ2) is 7.61. The fraction of sp³-hybridized carbons (Fsp3) is 0.538. The summed E-state index contributed by atoms with van der Waals surface area (Å²) in [6.07, 6.45) is 1.28. The molecule has 4 nitrogen and oxygen atoms in total. The zero-order chi connectivity index (χ0) is 14.7. The van der Waals surface area contributed by atoms with Gasteiger partial charge in [-0.1, -0.05) is 31.5 Å². The molecule has 1 rings (SSSR count). The van der Waals surface area contributed by atoms with Crippen molar-refractivity contribution in [3.63, 3.8) is 0 Å². The summed E-state index contributed by atoms with van der Waals surface area (Å²) in [4.78, 5) is 0.208. The molecule has 0 aromatic heterocycles. The first-order chi connectivity index (χ1) is 8.80. The highest BCUT2D eigenvalue weighted by molar-refractivity contribution is 7.89. The van der Waals surface area contributed by atoms with Gasteiger partial charge in [-0.3, -0.25) is 0 Å². The van der Waals surface area contributed by atoms with E-state index in [0.717, 1.165) is 0 Å². The zero-order valence-corrected chi connectivity index (χ0v) is 14.3. The summed E-state index contributed by atoms with van der Waals surface area (Å²) in [7, 11) is -3.62. The topological polar surface area (TPSA) is 72.2 Å². The zero-order valence-electron chi connectivity index (χ0n) is 11.9. The van der Waals surface area contributed by atoms with Gasteiger partial charge in [-0.15, -0.1) is 12.4 Å². The standard InChI is InChI=1S/C13H21ClN2O2S.ClH/c1-4-13(5-2,9-15)16-19(17,18)12-8-11(14)7-6-10(12)3;/h6-8,16H,4-5,9,15H2,1-3H3;1H. The van der Waals surface area contributed by atoms with Gasteiger partial charge in [-0.2, -0.15) is 0 Å². The molecular formula is C13H22Cl2N2O2S. The second-order valence-corrected chi connectivity index (χ2v) is 6.79. The molecule has 3 N–H and O–H groups in total. The third-order valence-corrected chi connectivity index (χ3v) is 5.49. The Labute approximate surface area is 132 Å². The molecule has 7 heteroatoms. The van der Waals surface area contributed by atoms with Crippen molar-refractivity contribution in [3.05, 3.63) is 28.8 Å². The number of benzene rings is 1. The predicted octanol–water partition coefficient (Wildman–Crippen LogP) is 2.87. The summed E-state index contributed by atoms with van der Waals surface area (Å²) < 4.78 is 27.7. The Morgan fingerprint density at radius 3 is 2.30 bits per heavy atom. The van der Waals surface area contributed by atoms with E-state index in [9.17, 15) is 8.42 Å². The predicted molar refractivity (Wildman–Crippen MR) is 86.1 cm³/mol. The van der Waals surface area contributed by atoms with Crippen molar-refractivity contribution in [2.75, 3.05) is 6.54 Å². The third kappa shape index (κ3) is 4.33. The van der Waals surface area contributed by atoms with Crippen molar-refractivity contribution in [2.45, 2.75) is 44.0 Å². The first kappa shape index (κ1) is 19.7. The van der Waals surface area contributed by atoms with E-state index in [1.165, 1.54) is 6.07 Å². The summed E-state index contributed by atoms with van der Waals surface area (Å²) >= 11 is 5.88. The van der Waals surface area contributed by atoms with Gasteiger partial charge < -0.3 is 5.73 Å². The van der Waals surface area contributed by atoms with Crippen LogP contribution in [0.1, 0.15) is 32.3 Å². The highest BCUT2D eigenvalue weighted by Gasteiger charge is 2.31. The molecule has 0 bridgehead atoms. The Balaban J connectivity index is 0.00000361. The van der Waals surface area contributed by atoms with E-state index >= 15 is 0 Å².